The molecule has 2 aromatic carbocycles. The molecule has 1 aliphatic rings. The number of phenols is 1. The van der Waals surface area contributed by atoms with Crippen molar-refractivity contribution < 1.29 is 41.0 Å². The molecular weight excluding hydrogens is 539 g/mol. The Balaban J connectivity index is 0.00000260. The normalized spacial score (nSPS) is 16.2. The molecule has 216 valence electrons. The van der Waals surface area contributed by atoms with Crippen LogP contribution in [0.1, 0.15) is 45.2 Å². The summed E-state index contributed by atoms with van der Waals surface area (Å²) in [5, 5.41) is 12.8. The molecule has 0 saturated carbocycles. The number of phenolic OH excluding ortho intramolecular Hbond substituents is 1. The molecule has 1 fully saturated rings. The largest absolute Gasteiger partial charge is 0.573 e. The number of ether oxygens (including phenoxy) is 1. The fraction of sp³-hybridized carbons (Fsp3) is 0.462. The number of amides is 2. The second kappa shape index (κ2) is 13.7. The van der Waals surface area contributed by atoms with Gasteiger partial charge in [0.25, 0.3) is 0 Å². The van der Waals surface area contributed by atoms with E-state index in [4.69, 9.17) is 0 Å². The van der Waals surface area contributed by atoms with Gasteiger partial charge < -0.3 is 20.1 Å². The lowest BCUT2D eigenvalue weighted by molar-refractivity contribution is -0.274. The summed E-state index contributed by atoms with van der Waals surface area (Å²) in [5.74, 6) is -1.49. The SMILES string of the molecule is CC.CCCc1ccc(CNC(=O)[C@H]2CN(C(C)=O)CCN2S(=O)(=O)c2ccc(OC(F)(F)F)cc2)cc1O. The standard InChI is InChI=1S/C24H28F3N3O6S.C2H6/c1-3-4-18-6-5-17(13-22(18)32)14-28-23(33)21-15-29(16(2)31)11-12-30(21)37(34,35)20-9-7-19(8-10-20)36-24(25,26)27;1-2/h5-10,13,21,32H,3-4,11-12,14-15H2,1-2H3,(H,28,33);1-2H3/t21-;/m1./s1. The summed E-state index contributed by atoms with van der Waals surface area (Å²) in [5.41, 5.74) is 1.37. The topological polar surface area (TPSA) is 116 Å². The van der Waals surface area contributed by atoms with Gasteiger partial charge in [0.05, 0.1) is 4.90 Å². The molecule has 0 radical (unpaired) electrons. The molecule has 39 heavy (non-hydrogen) atoms. The minimum absolute atomic E-state index is 0.00668. The van der Waals surface area contributed by atoms with Crippen molar-refractivity contribution in [2.45, 2.75) is 64.4 Å². The highest BCUT2D eigenvalue weighted by Crippen LogP contribution is 2.27. The Bertz CT molecular complexity index is 1240. The van der Waals surface area contributed by atoms with E-state index in [1.807, 2.05) is 20.8 Å². The quantitative estimate of drug-likeness (QED) is 0.496. The van der Waals surface area contributed by atoms with E-state index in [1.165, 1.54) is 17.9 Å². The van der Waals surface area contributed by atoms with Crippen LogP contribution in [0.2, 0.25) is 0 Å². The molecule has 13 heteroatoms. The van der Waals surface area contributed by atoms with Gasteiger partial charge in [0, 0.05) is 33.1 Å². The van der Waals surface area contributed by atoms with E-state index in [1.54, 1.807) is 12.1 Å². The molecule has 9 nitrogen and oxygen atoms in total. The van der Waals surface area contributed by atoms with Crippen molar-refractivity contribution in [2.24, 2.45) is 0 Å². The van der Waals surface area contributed by atoms with Crippen LogP contribution in [0.3, 0.4) is 0 Å². The zero-order chi connectivity index (χ0) is 29.4. The Labute approximate surface area is 226 Å². The summed E-state index contributed by atoms with van der Waals surface area (Å²) in [6.45, 7) is 6.95. The van der Waals surface area contributed by atoms with Gasteiger partial charge in [-0.25, -0.2) is 8.42 Å². The number of sulfonamides is 1. The van der Waals surface area contributed by atoms with E-state index < -0.39 is 34.1 Å². The highest BCUT2D eigenvalue weighted by molar-refractivity contribution is 7.89. The molecule has 0 unspecified atom stereocenters. The lowest BCUT2D eigenvalue weighted by Gasteiger charge is -2.39. The molecule has 2 N–H and O–H groups in total. The fourth-order valence-corrected chi connectivity index (χ4v) is 5.58. The molecule has 1 atom stereocenters. The van der Waals surface area contributed by atoms with Crippen molar-refractivity contribution in [3.05, 3.63) is 53.6 Å². The molecule has 2 amide bonds. The lowest BCUT2D eigenvalue weighted by Crippen LogP contribution is -2.61. The molecule has 2 aromatic rings. The number of rotatable bonds is 8. The van der Waals surface area contributed by atoms with Crippen LogP contribution in [0.5, 0.6) is 11.5 Å². The maximum absolute atomic E-state index is 13.3. The van der Waals surface area contributed by atoms with Crippen LogP contribution >= 0.6 is 0 Å². The number of hydrogen-bond acceptors (Lipinski definition) is 6. The van der Waals surface area contributed by atoms with Crippen molar-refractivity contribution in [1.29, 1.82) is 0 Å². The number of carbonyl (C=O) groups is 2. The van der Waals surface area contributed by atoms with Gasteiger partial charge in [-0.3, -0.25) is 9.59 Å². The number of carbonyl (C=O) groups excluding carboxylic acids is 2. The van der Waals surface area contributed by atoms with Crippen LogP contribution in [0.25, 0.3) is 0 Å². The van der Waals surface area contributed by atoms with E-state index >= 15 is 0 Å². The fourth-order valence-electron chi connectivity index (χ4n) is 4.01. The number of piperazine rings is 1. The first kappa shape index (κ1) is 31.9. The summed E-state index contributed by atoms with van der Waals surface area (Å²) in [7, 11) is -4.31. The van der Waals surface area contributed by atoms with Crippen molar-refractivity contribution in [3.8, 4) is 11.5 Å². The van der Waals surface area contributed by atoms with E-state index in [0.29, 0.717) is 12.0 Å². The summed E-state index contributed by atoms with van der Waals surface area (Å²) in [6.07, 6.45) is -3.39. The number of aryl methyl sites for hydroxylation is 1. The minimum atomic E-state index is -4.93. The van der Waals surface area contributed by atoms with Gasteiger partial charge in [-0.2, -0.15) is 4.31 Å². The van der Waals surface area contributed by atoms with Crippen LogP contribution in [-0.2, 0) is 32.6 Å². The maximum atomic E-state index is 13.3. The molecule has 0 aliphatic carbocycles. The highest BCUT2D eigenvalue weighted by atomic mass is 32.2. The third kappa shape index (κ3) is 8.59. The van der Waals surface area contributed by atoms with Gasteiger partial charge >= 0.3 is 6.36 Å². The monoisotopic (exact) mass is 573 g/mol. The number of nitrogens with one attached hydrogen (secondary N) is 1. The molecule has 0 spiro atoms. The second-order valence-corrected chi connectivity index (χ2v) is 10.4. The van der Waals surface area contributed by atoms with E-state index in [-0.39, 0.29) is 42.7 Å². The molecule has 1 heterocycles. The Hall–Kier alpha value is -3.32. The summed E-state index contributed by atoms with van der Waals surface area (Å²) < 4.78 is 68.7. The van der Waals surface area contributed by atoms with Gasteiger partial charge in [-0.1, -0.05) is 39.3 Å². The Morgan fingerprint density at radius 1 is 1.10 bits per heavy atom. The smallest absolute Gasteiger partial charge is 0.508 e. The first-order valence-corrected chi connectivity index (χ1v) is 14.0. The van der Waals surface area contributed by atoms with E-state index in [0.717, 1.165) is 40.6 Å². The van der Waals surface area contributed by atoms with Gasteiger partial charge in [0.1, 0.15) is 17.5 Å². The van der Waals surface area contributed by atoms with Crippen LogP contribution in [0.15, 0.2) is 47.4 Å². The van der Waals surface area contributed by atoms with Crippen LogP contribution in [0.4, 0.5) is 13.2 Å². The van der Waals surface area contributed by atoms with Crippen LogP contribution in [-0.4, -0.2) is 66.6 Å². The van der Waals surface area contributed by atoms with Gasteiger partial charge in [0.2, 0.25) is 21.8 Å². The Morgan fingerprint density at radius 2 is 1.74 bits per heavy atom. The maximum Gasteiger partial charge on any atom is 0.573 e. The molecule has 1 saturated heterocycles. The van der Waals surface area contributed by atoms with E-state index in [2.05, 4.69) is 10.1 Å². The minimum Gasteiger partial charge on any atom is -0.508 e. The number of aromatic hydroxyl groups is 1. The second-order valence-electron chi connectivity index (χ2n) is 8.55. The van der Waals surface area contributed by atoms with Crippen LogP contribution < -0.4 is 10.1 Å². The molecular formula is C26H34F3N3O6S. The predicted octanol–water partition coefficient (Wildman–Crippen LogP) is 3.81. The highest BCUT2D eigenvalue weighted by Gasteiger charge is 2.41. The first-order valence-electron chi connectivity index (χ1n) is 12.5. The average molecular weight is 574 g/mol. The summed E-state index contributed by atoms with van der Waals surface area (Å²) in [4.78, 5) is 26.1. The van der Waals surface area contributed by atoms with Crippen LogP contribution in [0, 0.1) is 0 Å². The Kier molecular flexibility index (Phi) is 11.2. The third-order valence-corrected chi connectivity index (χ3v) is 7.80. The van der Waals surface area contributed by atoms with Crippen molar-refractivity contribution in [2.75, 3.05) is 19.6 Å². The molecule has 1 aliphatic heterocycles. The summed E-state index contributed by atoms with van der Waals surface area (Å²) >= 11 is 0. The average Bonchev–Trinajstić information content (AvgIpc) is 2.89. The number of halogens is 3. The zero-order valence-corrected chi connectivity index (χ0v) is 23.1. The van der Waals surface area contributed by atoms with Crippen molar-refractivity contribution in [3.63, 3.8) is 0 Å². The van der Waals surface area contributed by atoms with Gasteiger partial charge in [-0.15, -0.1) is 13.2 Å². The number of benzene rings is 2. The third-order valence-electron chi connectivity index (χ3n) is 5.88. The van der Waals surface area contributed by atoms with Crippen molar-refractivity contribution in [1.82, 2.24) is 14.5 Å². The molecule has 0 aromatic heterocycles. The number of hydrogen-bond donors (Lipinski definition) is 2. The molecule has 0 bridgehead atoms. The molecule has 3 rings (SSSR count). The number of alkyl halides is 3. The zero-order valence-electron chi connectivity index (χ0n) is 22.3. The predicted molar refractivity (Wildman–Crippen MR) is 138 cm³/mol. The van der Waals surface area contributed by atoms with Gasteiger partial charge in [-0.05, 0) is 47.9 Å². The first-order chi connectivity index (χ1) is 18.3. The summed E-state index contributed by atoms with van der Waals surface area (Å²) in [6, 6.07) is 7.40. The number of nitrogens with zero attached hydrogens (tertiary/aromatic N) is 2. The van der Waals surface area contributed by atoms with Crippen molar-refractivity contribution >= 4 is 21.8 Å². The van der Waals surface area contributed by atoms with Gasteiger partial charge in [0.15, 0.2) is 0 Å². The Morgan fingerprint density at radius 3 is 2.28 bits per heavy atom. The lowest BCUT2D eigenvalue weighted by atomic mass is 10.1. The van der Waals surface area contributed by atoms with E-state index in [9.17, 15) is 36.3 Å².